The number of nitrogens with zero attached hydrogens (tertiary/aromatic N) is 1. The Bertz CT molecular complexity index is 840. The highest BCUT2D eigenvalue weighted by molar-refractivity contribution is 5.99. The maximum Gasteiger partial charge on any atom is 0.0665 e. The van der Waals surface area contributed by atoms with Crippen molar-refractivity contribution < 1.29 is 0 Å². The summed E-state index contributed by atoms with van der Waals surface area (Å²) in [6.45, 7) is 0. The monoisotopic (exact) mass is 259 g/mol. The molecule has 0 atom stereocenters. The topological polar surface area (TPSA) is 40.2 Å². The summed E-state index contributed by atoms with van der Waals surface area (Å²) in [4.78, 5) is 7.69. The second kappa shape index (κ2) is 4.38. The van der Waals surface area contributed by atoms with E-state index in [1.165, 1.54) is 5.39 Å². The molecular weight excluding hydrogens is 246 g/mol. The van der Waals surface area contributed by atoms with Gasteiger partial charge < -0.3 is 10.3 Å². The fourth-order valence-corrected chi connectivity index (χ4v) is 2.52. The van der Waals surface area contributed by atoms with E-state index in [4.69, 9.17) is 0 Å². The van der Waals surface area contributed by atoms with Crippen LogP contribution in [0.1, 0.15) is 11.1 Å². The van der Waals surface area contributed by atoms with Crippen LogP contribution < -0.4 is 5.32 Å². The number of aromatic nitrogens is 1. The lowest BCUT2D eigenvalue weighted by Gasteiger charge is -2.10. The highest BCUT2D eigenvalue weighted by Gasteiger charge is 2.11. The first-order valence-electron chi connectivity index (χ1n) is 6.58. The Hall–Kier alpha value is -2.81. The molecule has 1 aliphatic rings. The molecule has 1 aliphatic heterocycles. The third kappa shape index (κ3) is 1.72. The first-order valence-corrected chi connectivity index (χ1v) is 6.58. The summed E-state index contributed by atoms with van der Waals surface area (Å²) in [5.41, 5.74) is 5.44. The molecule has 0 bridgehead atoms. The van der Waals surface area contributed by atoms with Gasteiger partial charge in [-0.15, -0.1) is 0 Å². The number of benzene rings is 2. The minimum Gasteiger partial charge on any atom is -0.360 e. The summed E-state index contributed by atoms with van der Waals surface area (Å²) in [6.07, 6.45) is 5.77. The molecule has 0 fully saturated rings. The fourth-order valence-electron chi connectivity index (χ4n) is 2.52. The Morgan fingerprint density at radius 3 is 2.75 bits per heavy atom. The van der Waals surface area contributed by atoms with Crippen molar-refractivity contribution in [1.29, 1.82) is 0 Å². The normalized spacial score (nSPS) is 13.5. The van der Waals surface area contributed by atoms with Crippen molar-refractivity contribution in [2.45, 2.75) is 0 Å². The van der Waals surface area contributed by atoms with Crippen LogP contribution in [0.3, 0.4) is 0 Å². The largest absolute Gasteiger partial charge is 0.360 e. The smallest absolute Gasteiger partial charge is 0.0665 e. The third-order valence-electron chi connectivity index (χ3n) is 3.53. The lowest BCUT2D eigenvalue weighted by Crippen LogP contribution is -1.99. The number of aromatic amines is 1. The average molecular weight is 259 g/mol. The highest BCUT2D eigenvalue weighted by Crippen LogP contribution is 2.28. The summed E-state index contributed by atoms with van der Waals surface area (Å²) >= 11 is 0. The number of nitrogens with one attached hydrogen (secondary N) is 2. The number of aliphatic imine (C=N–C) groups is 1. The second-order valence-electron chi connectivity index (χ2n) is 4.78. The lowest BCUT2D eigenvalue weighted by molar-refractivity contribution is 1.45. The number of H-pyrrole nitrogens is 1. The SMILES string of the molecule is C1=NC=C(c2c[nH]c3ccccc23)Nc2ccccc21. The van der Waals surface area contributed by atoms with E-state index >= 15 is 0 Å². The van der Waals surface area contributed by atoms with Gasteiger partial charge in [0.15, 0.2) is 0 Å². The van der Waals surface area contributed by atoms with Gasteiger partial charge in [-0.25, -0.2) is 0 Å². The van der Waals surface area contributed by atoms with E-state index in [2.05, 4.69) is 39.6 Å². The van der Waals surface area contributed by atoms with Crippen LogP contribution in [0, 0.1) is 0 Å². The highest BCUT2D eigenvalue weighted by atomic mass is 14.9. The van der Waals surface area contributed by atoms with Crippen LogP contribution in [0.4, 0.5) is 5.69 Å². The van der Waals surface area contributed by atoms with E-state index < -0.39 is 0 Å². The van der Waals surface area contributed by atoms with Gasteiger partial charge in [-0.05, 0) is 12.1 Å². The number of rotatable bonds is 1. The maximum atomic E-state index is 4.39. The number of anilines is 1. The zero-order chi connectivity index (χ0) is 13.4. The predicted molar refractivity (Wildman–Crippen MR) is 83.9 cm³/mol. The molecule has 20 heavy (non-hydrogen) atoms. The van der Waals surface area contributed by atoms with Gasteiger partial charge in [0.25, 0.3) is 0 Å². The first kappa shape index (κ1) is 11.1. The molecule has 0 amide bonds. The summed E-state index contributed by atoms with van der Waals surface area (Å²) in [7, 11) is 0. The van der Waals surface area contributed by atoms with Gasteiger partial charge in [-0.1, -0.05) is 36.4 Å². The number of hydrogen-bond donors (Lipinski definition) is 2. The molecule has 3 aromatic rings. The van der Waals surface area contributed by atoms with E-state index in [0.29, 0.717) is 0 Å². The zero-order valence-corrected chi connectivity index (χ0v) is 10.8. The number of para-hydroxylation sites is 2. The quantitative estimate of drug-likeness (QED) is 0.681. The van der Waals surface area contributed by atoms with Crippen LogP contribution in [0.2, 0.25) is 0 Å². The molecule has 0 saturated heterocycles. The molecule has 2 N–H and O–H groups in total. The Morgan fingerprint density at radius 1 is 0.900 bits per heavy atom. The van der Waals surface area contributed by atoms with E-state index in [1.807, 2.05) is 42.9 Å². The van der Waals surface area contributed by atoms with Crippen LogP contribution in [0.5, 0.6) is 0 Å². The molecule has 1 aromatic heterocycles. The van der Waals surface area contributed by atoms with Gasteiger partial charge in [-0.3, -0.25) is 4.99 Å². The van der Waals surface area contributed by atoms with Crippen molar-refractivity contribution in [3.05, 3.63) is 72.1 Å². The van der Waals surface area contributed by atoms with Gasteiger partial charge in [-0.2, -0.15) is 0 Å². The summed E-state index contributed by atoms with van der Waals surface area (Å²) in [6, 6.07) is 16.4. The minimum absolute atomic E-state index is 1.00. The first-order chi connectivity index (χ1) is 9.92. The number of hydrogen-bond acceptors (Lipinski definition) is 2. The molecule has 0 radical (unpaired) electrons. The minimum atomic E-state index is 1.00. The summed E-state index contributed by atoms with van der Waals surface area (Å²) in [5.74, 6) is 0. The maximum absolute atomic E-state index is 4.39. The third-order valence-corrected chi connectivity index (χ3v) is 3.53. The van der Waals surface area contributed by atoms with Gasteiger partial charge in [0.05, 0.1) is 11.9 Å². The molecule has 96 valence electrons. The van der Waals surface area contributed by atoms with Crippen molar-refractivity contribution >= 4 is 28.5 Å². The molecule has 3 nitrogen and oxygen atoms in total. The molecule has 2 aromatic carbocycles. The van der Waals surface area contributed by atoms with Crippen molar-refractivity contribution in [3.8, 4) is 0 Å². The lowest BCUT2D eigenvalue weighted by atomic mass is 10.1. The molecule has 0 aliphatic carbocycles. The van der Waals surface area contributed by atoms with Crippen LogP contribution in [-0.2, 0) is 0 Å². The van der Waals surface area contributed by atoms with Crippen molar-refractivity contribution in [2.75, 3.05) is 5.32 Å². The van der Waals surface area contributed by atoms with Crippen LogP contribution in [-0.4, -0.2) is 11.2 Å². The van der Waals surface area contributed by atoms with Crippen LogP contribution in [0.15, 0.2) is 65.9 Å². The molecule has 0 spiro atoms. The zero-order valence-electron chi connectivity index (χ0n) is 10.8. The van der Waals surface area contributed by atoms with Gasteiger partial charge >= 0.3 is 0 Å². The molecule has 0 unspecified atom stereocenters. The van der Waals surface area contributed by atoms with Gasteiger partial charge in [0.2, 0.25) is 0 Å². The van der Waals surface area contributed by atoms with Crippen molar-refractivity contribution in [1.82, 2.24) is 4.98 Å². The van der Waals surface area contributed by atoms with E-state index in [1.54, 1.807) is 0 Å². The molecule has 2 heterocycles. The Morgan fingerprint density at radius 2 is 1.75 bits per heavy atom. The van der Waals surface area contributed by atoms with E-state index in [9.17, 15) is 0 Å². The molecule has 3 heteroatoms. The Balaban J connectivity index is 1.84. The van der Waals surface area contributed by atoms with E-state index in [-0.39, 0.29) is 0 Å². The van der Waals surface area contributed by atoms with Gasteiger partial charge in [0, 0.05) is 40.1 Å². The van der Waals surface area contributed by atoms with Crippen molar-refractivity contribution in [2.24, 2.45) is 4.99 Å². The fraction of sp³-hybridized carbons (Fsp3) is 0. The van der Waals surface area contributed by atoms with Gasteiger partial charge in [0.1, 0.15) is 0 Å². The van der Waals surface area contributed by atoms with E-state index in [0.717, 1.165) is 28.0 Å². The summed E-state index contributed by atoms with van der Waals surface area (Å²) in [5, 5.41) is 4.67. The predicted octanol–water partition coefficient (Wildman–Crippen LogP) is 4.01. The Labute approximate surface area is 116 Å². The second-order valence-corrected chi connectivity index (χ2v) is 4.78. The van der Waals surface area contributed by atoms with Crippen LogP contribution >= 0.6 is 0 Å². The number of fused-ring (bicyclic) bond motifs is 2. The Kier molecular flexibility index (Phi) is 2.42. The average Bonchev–Trinajstić information content (AvgIpc) is 2.80. The standard InChI is InChI=1S/C17H13N3/c1-3-7-15-12(5-1)9-18-11-17(20-15)14-10-19-16-8-4-2-6-13(14)16/h1-11,19-20H. The van der Waals surface area contributed by atoms with Crippen molar-refractivity contribution in [3.63, 3.8) is 0 Å². The molecule has 4 rings (SSSR count). The summed E-state index contributed by atoms with van der Waals surface area (Å²) < 4.78 is 0. The molecular formula is C17H13N3. The molecule has 0 saturated carbocycles. The van der Waals surface area contributed by atoms with Crippen LogP contribution in [0.25, 0.3) is 16.6 Å².